The van der Waals surface area contributed by atoms with Crippen LogP contribution >= 0.6 is 0 Å². The fourth-order valence-electron chi connectivity index (χ4n) is 5.77. The van der Waals surface area contributed by atoms with E-state index in [2.05, 4.69) is 67.4 Å². The molecule has 48 heavy (non-hydrogen) atoms. The number of hydrogen-bond donors (Lipinski definition) is 0. The Balaban J connectivity index is 2.00. The van der Waals surface area contributed by atoms with Gasteiger partial charge in [-0.05, 0) is 83.5 Å². The molecule has 0 aromatic carbocycles. The van der Waals surface area contributed by atoms with Crippen LogP contribution in [0, 0.1) is 0 Å². The number of rotatable bonds is 39. The highest BCUT2D eigenvalue weighted by atomic mass is 16.5. The predicted octanol–water partition coefficient (Wildman–Crippen LogP) is 12.7. The summed E-state index contributed by atoms with van der Waals surface area (Å²) in [7, 11) is 0. The molecule has 280 valence electrons. The third-order valence-corrected chi connectivity index (χ3v) is 9.17. The molecule has 0 spiro atoms. The molecule has 0 N–H and O–H groups in total. The predicted molar refractivity (Wildman–Crippen MR) is 211 cm³/mol. The van der Waals surface area contributed by atoms with Gasteiger partial charge in [0.2, 0.25) is 0 Å². The van der Waals surface area contributed by atoms with Gasteiger partial charge in [0.1, 0.15) is 0 Å². The molecular formula is C44H81NO3. The lowest BCUT2D eigenvalue weighted by Gasteiger charge is -2.18. The molecule has 1 aliphatic heterocycles. The zero-order valence-electron chi connectivity index (χ0n) is 32.2. The van der Waals surface area contributed by atoms with Gasteiger partial charge in [0.25, 0.3) is 0 Å². The Morgan fingerprint density at radius 3 is 1.42 bits per heavy atom. The highest BCUT2D eigenvalue weighted by Crippen LogP contribution is 2.12. The van der Waals surface area contributed by atoms with Crippen molar-refractivity contribution in [2.75, 3.05) is 52.7 Å². The van der Waals surface area contributed by atoms with Gasteiger partial charge >= 0.3 is 0 Å². The SMILES string of the molecule is CCCCCC=CCC=CCCCCCCCCOCC(CCOCCN1CC1)OCCCCCCCCC=CCC=CCCCCC. The van der Waals surface area contributed by atoms with Gasteiger partial charge in [-0.25, -0.2) is 0 Å². The van der Waals surface area contributed by atoms with Crippen LogP contribution < -0.4 is 0 Å². The normalized spacial score (nSPS) is 14.5. The van der Waals surface area contributed by atoms with E-state index < -0.39 is 0 Å². The summed E-state index contributed by atoms with van der Waals surface area (Å²) in [4.78, 5) is 2.41. The van der Waals surface area contributed by atoms with E-state index in [1.807, 2.05) is 0 Å². The van der Waals surface area contributed by atoms with E-state index >= 15 is 0 Å². The minimum absolute atomic E-state index is 0.161. The largest absolute Gasteiger partial charge is 0.380 e. The summed E-state index contributed by atoms with van der Waals surface area (Å²) >= 11 is 0. The first-order chi connectivity index (χ1) is 23.9. The summed E-state index contributed by atoms with van der Waals surface area (Å²) in [6.07, 6.45) is 50.5. The molecule has 1 saturated heterocycles. The zero-order valence-corrected chi connectivity index (χ0v) is 32.2. The van der Waals surface area contributed by atoms with E-state index in [1.54, 1.807) is 0 Å². The Labute approximate surface area is 300 Å². The number of ether oxygens (including phenoxy) is 3. The molecule has 0 aromatic rings. The maximum atomic E-state index is 6.30. The summed E-state index contributed by atoms with van der Waals surface area (Å²) in [6.45, 7) is 12.1. The Kier molecular flexibility index (Phi) is 36.0. The lowest BCUT2D eigenvalue weighted by Crippen LogP contribution is -2.23. The minimum atomic E-state index is 0.161. The third-order valence-electron chi connectivity index (χ3n) is 9.17. The second kappa shape index (κ2) is 38.6. The van der Waals surface area contributed by atoms with E-state index in [4.69, 9.17) is 14.2 Å². The van der Waals surface area contributed by atoms with Crippen molar-refractivity contribution in [1.29, 1.82) is 0 Å². The van der Waals surface area contributed by atoms with Crippen LogP contribution in [-0.4, -0.2) is 63.7 Å². The molecule has 1 aliphatic rings. The van der Waals surface area contributed by atoms with Gasteiger partial charge in [-0.15, -0.1) is 0 Å². The fraction of sp³-hybridized carbons (Fsp3) is 0.818. The van der Waals surface area contributed by atoms with Crippen molar-refractivity contribution in [2.45, 2.75) is 180 Å². The van der Waals surface area contributed by atoms with Gasteiger partial charge in [-0.3, -0.25) is 4.90 Å². The maximum absolute atomic E-state index is 6.30. The van der Waals surface area contributed by atoms with Crippen molar-refractivity contribution in [3.05, 3.63) is 48.6 Å². The molecular weight excluding hydrogens is 590 g/mol. The summed E-state index contributed by atoms with van der Waals surface area (Å²) in [5.41, 5.74) is 0. The third kappa shape index (κ3) is 36.1. The molecule has 0 aliphatic carbocycles. The molecule has 0 bridgehead atoms. The van der Waals surface area contributed by atoms with Gasteiger partial charge in [0.15, 0.2) is 0 Å². The van der Waals surface area contributed by atoms with E-state index in [9.17, 15) is 0 Å². The van der Waals surface area contributed by atoms with Gasteiger partial charge in [-0.1, -0.05) is 140 Å². The lowest BCUT2D eigenvalue weighted by atomic mass is 10.1. The Bertz CT molecular complexity index is 741. The van der Waals surface area contributed by atoms with Crippen molar-refractivity contribution in [2.24, 2.45) is 0 Å². The molecule has 4 heteroatoms. The number of unbranched alkanes of at least 4 members (excludes halogenated alkanes) is 18. The van der Waals surface area contributed by atoms with Crippen LogP contribution in [0.2, 0.25) is 0 Å². The second-order valence-electron chi connectivity index (χ2n) is 14.0. The summed E-state index contributed by atoms with van der Waals surface area (Å²) < 4.78 is 18.3. The van der Waals surface area contributed by atoms with Crippen LogP contribution in [0.25, 0.3) is 0 Å². The average molecular weight is 672 g/mol. The van der Waals surface area contributed by atoms with Crippen molar-refractivity contribution < 1.29 is 14.2 Å². The standard InChI is InChI=1S/C44H81NO3/c1-3-5-7-9-11-13-15-17-19-21-23-25-27-29-31-33-39-47-43-44(35-41-46-42-38-45-36-37-45)48-40-34-32-30-28-26-24-22-20-18-16-14-12-10-8-6-4-2/h11-14,17-20,44H,3-10,15-16,21-43H2,1-2H3. The molecule has 1 rings (SSSR count). The van der Waals surface area contributed by atoms with Gasteiger partial charge in [0.05, 0.1) is 19.3 Å². The smallest absolute Gasteiger partial charge is 0.0830 e. The lowest BCUT2D eigenvalue weighted by molar-refractivity contribution is -0.0350. The monoisotopic (exact) mass is 672 g/mol. The highest BCUT2D eigenvalue weighted by molar-refractivity contribution is 4.93. The van der Waals surface area contributed by atoms with Gasteiger partial charge in [0, 0.05) is 39.5 Å². The molecule has 4 nitrogen and oxygen atoms in total. The van der Waals surface area contributed by atoms with Crippen LogP contribution in [0.5, 0.6) is 0 Å². The quantitative estimate of drug-likeness (QED) is 0.0370. The van der Waals surface area contributed by atoms with E-state index in [-0.39, 0.29) is 6.10 Å². The maximum Gasteiger partial charge on any atom is 0.0830 e. The first-order valence-corrected chi connectivity index (χ1v) is 21.0. The first kappa shape index (κ1) is 44.8. The van der Waals surface area contributed by atoms with Gasteiger partial charge in [-0.2, -0.15) is 0 Å². The minimum Gasteiger partial charge on any atom is -0.380 e. The van der Waals surface area contributed by atoms with E-state index in [1.165, 1.54) is 142 Å². The molecule has 0 saturated carbocycles. The van der Waals surface area contributed by atoms with Crippen LogP contribution in [0.15, 0.2) is 48.6 Å². The average Bonchev–Trinajstić information content (AvgIpc) is 3.93. The van der Waals surface area contributed by atoms with Crippen molar-refractivity contribution >= 4 is 0 Å². The Morgan fingerprint density at radius 1 is 0.458 bits per heavy atom. The topological polar surface area (TPSA) is 30.7 Å². The van der Waals surface area contributed by atoms with Crippen molar-refractivity contribution in [3.8, 4) is 0 Å². The van der Waals surface area contributed by atoms with Gasteiger partial charge < -0.3 is 14.2 Å². The Hall–Kier alpha value is -1.20. The molecule has 0 radical (unpaired) electrons. The molecule has 1 unspecified atom stereocenters. The van der Waals surface area contributed by atoms with Crippen LogP contribution in [0.4, 0.5) is 0 Å². The zero-order chi connectivity index (χ0) is 34.3. The highest BCUT2D eigenvalue weighted by Gasteiger charge is 2.16. The Morgan fingerprint density at radius 2 is 0.917 bits per heavy atom. The number of nitrogens with zero attached hydrogens (tertiary/aromatic N) is 1. The van der Waals surface area contributed by atoms with E-state index in [0.717, 1.165) is 65.1 Å². The summed E-state index contributed by atoms with van der Waals surface area (Å²) in [5.74, 6) is 0. The molecule has 0 aromatic heterocycles. The molecule has 1 heterocycles. The van der Waals surface area contributed by atoms with Crippen LogP contribution in [0.3, 0.4) is 0 Å². The molecule has 1 fully saturated rings. The first-order valence-electron chi connectivity index (χ1n) is 21.0. The number of allylic oxidation sites excluding steroid dienone is 8. The molecule has 0 amide bonds. The van der Waals surface area contributed by atoms with Crippen LogP contribution in [0.1, 0.15) is 174 Å². The van der Waals surface area contributed by atoms with Crippen molar-refractivity contribution in [3.63, 3.8) is 0 Å². The van der Waals surface area contributed by atoms with E-state index in [0.29, 0.717) is 6.61 Å². The second-order valence-corrected chi connectivity index (χ2v) is 14.0. The van der Waals surface area contributed by atoms with Crippen LogP contribution in [-0.2, 0) is 14.2 Å². The fourth-order valence-corrected chi connectivity index (χ4v) is 5.77. The van der Waals surface area contributed by atoms with Crippen molar-refractivity contribution in [1.82, 2.24) is 4.90 Å². The number of hydrogen-bond acceptors (Lipinski definition) is 4. The summed E-state index contributed by atoms with van der Waals surface area (Å²) in [5, 5.41) is 0. The summed E-state index contributed by atoms with van der Waals surface area (Å²) in [6, 6.07) is 0. The molecule has 1 atom stereocenters.